The smallest absolute Gasteiger partial charge is 0.316 e. The van der Waals surface area contributed by atoms with Crippen LogP contribution >= 0.6 is 11.8 Å². The highest BCUT2D eigenvalue weighted by Gasteiger charge is 2.18. The van der Waals surface area contributed by atoms with E-state index in [-0.39, 0.29) is 23.5 Å². The second kappa shape index (κ2) is 8.37. The van der Waals surface area contributed by atoms with E-state index in [1.807, 2.05) is 6.07 Å². The minimum absolute atomic E-state index is 0.0580. The highest BCUT2D eigenvalue weighted by Crippen LogP contribution is 2.27. The van der Waals surface area contributed by atoms with Crippen LogP contribution in [-0.4, -0.2) is 45.8 Å². The predicted octanol–water partition coefficient (Wildman–Crippen LogP) is 2.48. The van der Waals surface area contributed by atoms with Crippen LogP contribution in [-0.2, 0) is 20.7 Å². The fourth-order valence-corrected chi connectivity index (χ4v) is 3.56. The summed E-state index contributed by atoms with van der Waals surface area (Å²) in [5, 5.41) is 12.9. The number of ether oxygens (including phenoxy) is 1. The molecule has 9 nitrogen and oxygen atoms in total. The molecule has 3 aromatic rings. The summed E-state index contributed by atoms with van der Waals surface area (Å²) >= 11 is 1.15. The van der Waals surface area contributed by atoms with E-state index in [1.54, 1.807) is 36.4 Å². The average molecular weight is 423 g/mol. The topological polar surface area (TPSA) is 126 Å². The Bertz CT molecular complexity index is 1140. The number of nitrogens with one attached hydrogen (secondary N) is 3. The van der Waals surface area contributed by atoms with Gasteiger partial charge in [0.1, 0.15) is 0 Å². The fraction of sp³-hybridized carbons (Fsp3) is 0.150. The van der Waals surface area contributed by atoms with E-state index >= 15 is 0 Å². The summed E-state index contributed by atoms with van der Waals surface area (Å²) in [5.74, 6) is -0.121. The van der Waals surface area contributed by atoms with E-state index < -0.39 is 0 Å². The van der Waals surface area contributed by atoms with Gasteiger partial charge in [0.05, 0.1) is 19.3 Å². The number of rotatable bonds is 6. The Labute approximate surface area is 175 Å². The number of esters is 1. The first-order valence-corrected chi connectivity index (χ1v) is 9.97. The molecule has 0 fully saturated rings. The van der Waals surface area contributed by atoms with Gasteiger partial charge in [-0.05, 0) is 29.8 Å². The second-order valence-corrected chi connectivity index (χ2v) is 7.41. The molecular weight excluding hydrogens is 406 g/mol. The molecular formula is C20H17N5O4S. The molecule has 0 spiro atoms. The number of fused-ring (bicyclic) bond motifs is 1. The number of hydrogen-bond donors (Lipinski definition) is 3. The van der Waals surface area contributed by atoms with Crippen molar-refractivity contribution in [2.75, 3.05) is 23.5 Å². The summed E-state index contributed by atoms with van der Waals surface area (Å²) in [4.78, 5) is 39.7. The van der Waals surface area contributed by atoms with Gasteiger partial charge in [0.2, 0.25) is 11.1 Å². The summed E-state index contributed by atoms with van der Waals surface area (Å²) in [6.45, 7) is 0. The summed E-state index contributed by atoms with van der Waals surface area (Å²) in [6.07, 6.45) is 0.350. The lowest BCUT2D eigenvalue weighted by atomic mass is 10.1. The molecule has 0 atom stereocenters. The third-order valence-corrected chi connectivity index (χ3v) is 5.22. The number of H-pyrrole nitrogens is 1. The van der Waals surface area contributed by atoms with Crippen molar-refractivity contribution in [1.82, 2.24) is 15.2 Å². The molecule has 1 aliphatic heterocycles. The van der Waals surface area contributed by atoms with Gasteiger partial charge < -0.3 is 15.4 Å². The number of anilines is 2. The molecule has 10 heteroatoms. The predicted molar refractivity (Wildman–Crippen MR) is 111 cm³/mol. The van der Waals surface area contributed by atoms with Gasteiger partial charge in [-0.3, -0.25) is 19.5 Å². The van der Waals surface area contributed by atoms with Gasteiger partial charge in [-0.15, -0.1) is 5.10 Å². The average Bonchev–Trinajstić information content (AvgIpc) is 3.37. The van der Waals surface area contributed by atoms with Crippen LogP contribution in [0.1, 0.15) is 15.9 Å². The molecule has 30 heavy (non-hydrogen) atoms. The largest absolute Gasteiger partial charge is 0.468 e. The molecule has 1 aliphatic rings. The van der Waals surface area contributed by atoms with E-state index in [0.29, 0.717) is 39.9 Å². The van der Waals surface area contributed by atoms with Crippen LogP contribution in [0.15, 0.2) is 47.6 Å². The first kappa shape index (κ1) is 19.6. The van der Waals surface area contributed by atoms with Crippen molar-refractivity contribution in [3.8, 4) is 11.4 Å². The molecule has 0 saturated carbocycles. The maximum atomic E-state index is 12.7. The van der Waals surface area contributed by atoms with Gasteiger partial charge in [-0.1, -0.05) is 30.0 Å². The molecule has 4 rings (SSSR count). The summed E-state index contributed by atoms with van der Waals surface area (Å²) in [5.41, 5.74) is 3.34. The second-order valence-electron chi connectivity index (χ2n) is 6.46. The Morgan fingerprint density at radius 1 is 1.23 bits per heavy atom. The van der Waals surface area contributed by atoms with Crippen molar-refractivity contribution in [3.63, 3.8) is 0 Å². The number of aromatic amines is 1. The third-order valence-electron chi connectivity index (χ3n) is 4.40. The minimum atomic E-state index is -0.365. The van der Waals surface area contributed by atoms with Crippen LogP contribution in [0.4, 0.5) is 11.4 Å². The van der Waals surface area contributed by atoms with E-state index in [4.69, 9.17) is 0 Å². The zero-order valence-electron chi connectivity index (χ0n) is 15.9. The summed E-state index contributed by atoms with van der Waals surface area (Å²) in [6, 6.07) is 12.3. The van der Waals surface area contributed by atoms with E-state index in [1.165, 1.54) is 7.11 Å². The number of benzene rings is 2. The number of methoxy groups -OCH3 is 1. The summed E-state index contributed by atoms with van der Waals surface area (Å²) < 4.78 is 4.59. The number of carbonyl (C=O) groups is 3. The van der Waals surface area contributed by atoms with Crippen molar-refractivity contribution >= 4 is 40.9 Å². The van der Waals surface area contributed by atoms with E-state index in [2.05, 4.69) is 30.6 Å². The highest BCUT2D eigenvalue weighted by atomic mass is 32.2. The number of aromatic nitrogens is 3. The van der Waals surface area contributed by atoms with Crippen molar-refractivity contribution in [2.24, 2.45) is 0 Å². The Balaban J connectivity index is 1.46. The van der Waals surface area contributed by atoms with E-state index in [9.17, 15) is 14.4 Å². The van der Waals surface area contributed by atoms with Crippen LogP contribution in [0.2, 0.25) is 0 Å². The standard InChI is InChI=1S/C20H17N5O4S/c1-29-17(27)10-30-20-23-18(24-25-20)12-3-2-4-13(7-12)19(28)21-14-6-5-11-8-16(26)22-15(11)9-14/h2-7,9H,8,10H2,1H3,(H,21,28)(H,22,26)(H,23,24,25). The van der Waals surface area contributed by atoms with Gasteiger partial charge in [0.25, 0.3) is 5.91 Å². The zero-order chi connectivity index (χ0) is 21.1. The number of hydrogen-bond acceptors (Lipinski definition) is 7. The zero-order valence-corrected chi connectivity index (χ0v) is 16.7. The Kier molecular flexibility index (Phi) is 5.48. The monoisotopic (exact) mass is 423 g/mol. The molecule has 0 bridgehead atoms. The Hall–Kier alpha value is -3.66. The fourth-order valence-electron chi connectivity index (χ4n) is 2.93. The molecule has 152 valence electrons. The molecule has 2 heterocycles. The lowest BCUT2D eigenvalue weighted by Crippen LogP contribution is -2.12. The quantitative estimate of drug-likeness (QED) is 0.411. The van der Waals surface area contributed by atoms with Crippen LogP contribution in [0.25, 0.3) is 11.4 Å². The van der Waals surface area contributed by atoms with Gasteiger partial charge in [-0.2, -0.15) is 0 Å². The van der Waals surface area contributed by atoms with E-state index in [0.717, 1.165) is 17.3 Å². The van der Waals surface area contributed by atoms with Crippen LogP contribution < -0.4 is 10.6 Å². The van der Waals surface area contributed by atoms with Crippen molar-refractivity contribution in [1.29, 1.82) is 0 Å². The lowest BCUT2D eigenvalue weighted by Gasteiger charge is -2.08. The van der Waals surface area contributed by atoms with Gasteiger partial charge in [0, 0.05) is 22.5 Å². The van der Waals surface area contributed by atoms with Crippen molar-refractivity contribution in [2.45, 2.75) is 11.6 Å². The van der Waals surface area contributed by atoms with Crippen LogP contribution in [0, 0.1) is 0 Å². The highest BCUT2D eigenvalue weighted by molar-refractivity contribution is 7.99. The van der Waals surface area contributed by atoms with Crippen LogP contribution in [0.3, 0.4) is 0 Å². The van der Waals surface area contributed by atoms with Gasteiger partial charge >= 0.3 is 5.97 Å². The maximum absolute atomic E-state index is 12.7. The molecule has 0 aliphatic carbocycles. The number of amides is 2. The third kappa shape index (κ3) is 4.33. The lowest BCUT2D eigenvalue weighted by molar-refractivity contribution is -0.137. The van der Waals surface area contributed by atoms with Gasteiger partial charge in [0.15, 0.2) is 5.82 Å². The van der Waals surface area contributed by atoms with Crippen LogP contribution in [0.5, 0.6) is 0 Å². The molecule has 1 aromatic heterocycles. The Morgan fingerprint density at radius 3 is 2.93 bits per heavy atom. The normalized spacial score (nSPS) is 12.2. The molecule has 0 saturated heterocycles. The molecule has 2 amide bonds. The SMILES string of the molecule is COC(=O)CSc1n[nH]c(-c2cccc(C(=O)Nc3ccc4c(c3)NC(=O)C4)c2)n1. The maximum Gasteiger partial charge on any atom is 0.316 e. The molecule has 3 N–H and O–H groups in total. The molecule has 2 aromatic carbocycles. The number of nitrogens with zero attached hydrogens (tertiary/aromatic N) is 2. The first-order chi connectivity index (χ1) is 14.5. The molecule has 0 unspecified atom stereocenters. The summed E-state index contributed by atoms with van der Waals surface area (Å²) in [7, 11) is 1.32. The van der Waals surface area contributed by atoms with Crippen molar-refractivity contribution in [3.05, 3.63) is 53.6 Å². The Morgan fingerprint density at radius 2 is 2.10 bits per heavy atom. The number of carbonyl (C=O) groups excluding carboxylic acids is 3. The number of thioether (sulfide) groups is 1. The minimum Gasteiger partial charge on any atom is -0.468 e. The first-order valence-electron chi connectivity index (χ1n) is 8.98. The van der Waals surface area contributed by atoms with Gasteiger partial charge in [-0.25, -0.2) is 4.98 Å². The van der Waals surface area contributed by atoms with Crippen molar-refractivity contribution < 1.29 is 19.1 Å². The molecule has 0 radical (unpaired) electrons.